The fourth-order valence-electron chi connectivity index (χ4n) is 3.36. The van der Waals surface area contributed by atoms with E-state index >= 15 is 0 Å². The zero-order valence-electron chi connectivity index (χ0n) is 14.2. The highest BCUT2D eigenvalue weighted by Gasteiger charge is 2.20. The van der Waals surface area contributed by atoms with Gasteiger partial charge in [0.25, 0.3) is 5.69 Å². The Balaban J connectivity index is 2.14. The van der Waals surface area contributed by atoms with Crippen molar-refractivity contribution in [2.75, 3.05) is 13.7 Å². The predicted molar refractivity (Wildman–Crippen MR) is 98.3 cm³/mol. The van der Waals surface area contributed by atoms with Gasteiger partial charge in [-0.2, -0.15) is 0 Å². The van der Waals surface area contributed by atoms with Crippen molar-refractivity contribution in [2.45, 2.75) is 38.6 Å². The highest BCUT2D eigenvalue weighted by atomic mass is 32.1. The third kappa shape index (κ3) is 3.77. The number of non-ortho nitro benzene ring substituents is 1. The molecule has 25 heavy (non-hydrogen) atoms. The summed E-state index contributed by atoms with van der Waals surface area (Å²) in [5.74, 6) is 0.713. The van der Waals surface area contributed by atoms with E-state index in [-0.39, 0.29) is 10.6 Å². The largest absolute Gasteiger partial charge is 0.385 e. The average molecular weight is 359 g/mol. The summed E-state index contributed by atoms with van der Waals surface area (Å²) in [5.41, 5.74) is 3.18. The molecule has 0 aliphatic heterocycles. The van der Waals surface area contributed by atoms with Gasteiger partial charge in [-0.05, 0) is 32.1 Å². The Kier molecular flexibility index (Phi) is 5.55. The second-order valence-corrected chi connectivity index (χ2v) is 6.57. The molecule has 7 heteroatoms. The zero-order chi connectivity index (χ0) is 17.8. The lowest BCUT2D eigenvalue weighted by atomic mass is 9.96. The zero-order valence-corrected chi connectivity index (χ0v) is 15.1. The van der Waals surface area contributed by atoms with Gasteiger partial charge >= 0.3 is 0 Å². The normalized spacial score (nSPS) is 13.5. The third-order valence-corrected chi connectivity index (χ3v) is 4.87. The summed E-state index contributed by atoms with van der Waals surface area (Å²) >= 11 is 5.52. The molecule has 0 spiro atoms. The fraction of sp³-hybridized carbons (Fsp3) is 0.444. The minimum absolute atomic E-state index is 0.0615. The van der Waals surface area contributed by atoms with Crippen molar-refractivity contribution < 1.29 is 9.66 Å². The third-order valence-electron chi connectivity index (χ3n) is 4.53. The maximum atomic E-state index is 11.1. The maximum absolute atomic E-state index is 11.1. The number of hydrogen-bond acceptors (Lipinski definition) is 5. The van der Waals surface area contributed by atoms with Crippen LogP contribution in [0.15, 0.2) is 24.3 Å². The number of aromatic nitrogens is 2. The molecule has 1 aliphatic rings. The summed E-state index contributed by atoms with van der Waals surface area (Å²) < 4.78 is 7.99. The van der Waals surface area contributed by atoms with Gasteiger partial charge in [0.05, 0.1) is 4.92 Å². The molecular weight excluding hydrogens is 338 g/mol. The first kappa shape index (κ1) is 17.7. The molecule has 0 saturated carbocycles. The molecule has 0 N–H and O–H groups in total. The number of ether oxygens (including phenoxy) is 1. The lowest BCUT2D eigenvalue weighted by Crippen LogP contribution is -2.19. The van der Waals surface area contributed by atoms with Crippen LogP contribution in [0.3, 0.4) is 0 Å². The van der Waals surface area contributed by atoms with Crippen LogP contribution in [0.2, 0.25) is 0 Å². The van der Waals surface area contributed by atoms with Crippen molar-refractivity contribution in [3.8, 4) is 11.4 Å². The molecule has 6 nitrogen and oxygen atoms in total. The Labute approximate surface area is 151 Å². The van der Waals surface area contributed by atoms with Crippen LogP contribution in [0.25, 0.3) is 11.4 Å². The van der Waals surface area contributed by atoms with E-state index in [1.54, 1.807) is 19.2 Å². The van der Waals surface area contributed by atoms with Gasteiger partial charge in [0.15, 0.2) is 0 Å². The van der Waals surface area contributed by atoms with Crippen LogP contribution >= 0.6 is 12.2 Å². The van der Waals surface area contributed by atoms with Crippen LogP contribution < -0.4 is 0 Å². The van der Waals surface area contributed by atoms with Crippen molar-refractivity contribution in [2.24, 2.45) is 0 Å². The van der Waals surface area contributed by atoms with Gasteiger partial charge in [0.2, 0.25) is 0 Å². The lowest BCUT2D eigenvalue weighted by molar-refractivity contribution is -0.384. The number of hydrogen-bond donors (Lipinski definition) is 0. The van der Waals surface area contributed by atoms with E-state index in [9.17, 15) is 10.1 Å². The lowest BCUT2D eigenvalue weighted by Gasteiger charge is -2.24. The molecule has 1 aliphatic carbocycles. The Morgan fingerprint density at radius 2 is 2.16 bits per heavy atom. The van der Waals surface area contributed by atoms with E-state index in [1.165, 1.54) is 11.8 Å². The van der Waals surface area contributed by atoms with Crippen LogP contribution in [0.4, 0.5) is 5.69 Å². The molecule has 0 saturated heterocycles. The molecule has 0 radical (unpaired) electrons. The summed E-state index contributed by atoms with van der Waals surface area (Å²) in [5, 5.41) is 11.1. The summed E-state index contributed by atoms with van der Waals surface area (Å²) in [6.45, 7) is 1.42. The Bertz CT molecular complexity index is 848. The van der Waals surface area contributed by atoms with E-state index in [0.29, 0.717) is 17.1 Å². The van der Waals surface area contributed by atoms with Crippen molar-refractivity contribution in [3.05, 3.63) is 50.3 Å². The number of methoxy groups -OCH3 is 1. The molecule has 0 unspecified atom stereocenters. The Morgan fingerprint density at radius 1 is 1.36 bits per heavy atom. The SMILES string of the molecule is COCCCn1c(-c2cccc([N+](=O)[O-])c2)nc(=S)c2c1CCCC2. The second-order valence-electron chi connectivity index (χ2n) is 6.18. The van der Waals surface area contributed by atoms with Crippen molar-refractivity contribution >= 4 is 17.9 Å². The monoisotopic (exact) mass is 359 g/mol. The van der Waals surface area contributed by atoms with Gasteiger partial charge < -0.3 is 9.30 Å². The quantitative estimate of drug-likeness (QED) is 0.336. The summed E-state index contributed by atoms with van der Waals surface area (Å²) in [4.78, 5) is 15.4. The molecule has 0 atom stereocenters. The van der Waals surface area contributed by atoms with Gasteiger partial charge in [-0.3, -0.25) is 10.1 Å². The van der Waals surface area contributed by atoms with Crippen LogP contribution in [-0.2, 0) is 24.1 Å². The van der Waals surface area contributed by atoms with E-state index in [4.69, 9.17) is 17.0 Å². The van der Waals surface area contributed by atoms with E-state index < -0.39 is 0 Å². The molecule has 1 aromatic heterocycles. The smallest absolute Gasteiger partial charge is 0.270 e. The minimum Gasteiger partial charge on any atom is -0.385 e. The van der Waals surface area contributed by atoms with Crippen LogP contribution in [0.1, 0.15) is 30.5 Å². The number of rotatable bonds is 6. The molecule has 132 valence electrons. The Hall–Kier alpha value is -2.12. The Morgan fingerprint density at radius 3 is 2.92 bits per heavy atom. The van der Waals surface area contributed by atoms with Crippen LogP contribution in [0, 0.1) is 14.8 Å². The number of nitrogens with zero attached hydrogens (tertiary/aromatic N) is 3. The molecule has 0 bridgehead atoms. The number of nitro benzene ring substituents is 1. The first-order valence-electron chi connectivity index (χ1n) is 8.48. The van der Waals surface area contributed by atoms with E-state index in [1.807, 2.05) is 6.07 Å². The molecule has 1 heterocycles. The van der Waals surface area contributed by atoms with Gasteiger partial charge in [0.1, 0.15) is 10.5 Å². The van der Waals surface area contributed by atoms with Crippen molar-refractivity contribution in [1.82, 2.24) is 9.55 Å². The van der Waals surface area contributed by atoms with Crippen molar-refractivity contribution in [3.63, 3.8) is 0 Å². The van der Waals surface area contributed by atoms with Gasteiger partial charge in [-0.15, -0.1) is 0 Å². The average Bonchev–Trinajstić information content (AvgIpc) is 2.63. The number of fused-ring (bicyclic) bond motifs is 1. The standard InChI is InChI=1S/C18H21N3O3S/c1-24-11-5-10-20-16-9-3-2-8-15(16)18(25)19-17(20)13-6-4-7-14(12-13)21(22)23/h4,6-7,12H,2-3,5,8-11H2,1H3. The molecule has 0 amide bonds. The van der Waals surface area contributed by atoms with Crippen LogP contribution in [0.5, 0.6) is 0 Å². The summed E-state index contributed by atoms with van der Waals surface area (Å²) in [6.07, 6.45) is 5.04. The first-order valence-corrected chi connectivity index (χ1v) is 8.89. The number of nitro groups is 1. The second kappa shape index (κ2) is 7.84. The highest BCUT2D eigenvalue weighted by Crippen LogP contribution is 2.29. The summed E-state index contributed by atoms with van der Waals surface area (Å²) in [7, 11) is 1.69. The molecule has 3 rings (SSSR count). The highest BCUT2D eigenvalue weighted by molar-refractivity contribution is 7.71. The van der Waals surface area contributed by atoms with Gasteiger partial charge in [-0.1, -0.05) is 24.4 Å². The van der Waals surface area contributed by atoms with E-state index in [2.05, 4.69) is 9.55 Å². The fourth-order valence-corrected chi connectivity index (χ4v) is 3.66. The minimum atomic E-state index is -0.383. The maximum Gasteiger partial charge on any atom is 0.270 e. The molecule has 0 fully saturated rings. The van der Waals surface area contributed by atoms with Gasteiger partial charge in [0, 0.05) is 49.2 Å². The molecule has 2 aromatic rings. The molecular formula is C18H21N3O3S. The van der Waals surface area contributed by atoms with Gasteiger partial charge in [-0.25, -0.2) is 4.98 Å². The number of benzene rings is 1. The first-order chi connectivity index (χ1) is 12.1. The predicted octanol–water partition coefficient (Wildman–Crippen LogP) is 4.10. The summed E-state index contributed by atoms with van der Waals surface area (Å²) in [6, 6.07) is 6.61. The topological polar surface area (TPSA) is 70.2 Å². The van der Waals surface area contributed by atoms with Crippen LogP contribution in [-0.4, -0.2) is 28.2 Å². The van der Waals surface area contributed by atoms with E-state index in [0.717, 1.165) is 49.8 Å². The van der Waals surface area contributed by atoms with Crippen molar-refractivity contribution in [1.29, 1.82) is 0 Å². The molecule has 1 aromatic carbocycles.